The van der Waals surface area contributed by atoms with E-state index in [0.29, 0.717) is 16.4 Å². The van der Waals surface area contributed by atoms with E-state index in [1.807, 2.05) is 24.3 Å². The Balaban J connectivity index is 1.78. The molecule has 0 saturated carbocycles. The van der Waals surface area contributed by atoms with Crippen LogP contribution >= 0.6 is 11.3 Å². The summed E-state index contributed by atoms with van der Waals surface area (Å²) in [6.07, 6.45) is -1.99. The summed E-state index contributed by atoms with van der Waals surface area (Å²) >= 11 is 1.25. The number of ether oxygens (including phenoxy) is 1. The fourth-order valence-electron chi connectivity index (χ4n) is 2.38. The van der Waals surface area contributed by atoms with Gasteiger partial charge in [0.05, 0.1) is 28.3 Å². The zero-order chi connectivity index (χ0) is 20.4. The Morgan fingerprint density at radius 1 is 1.18 bits per heavy atom. The molecule has 0 aliphatic rings. The average Bonchev–Trinajstić information content (AvgIpc) is 3.08. The number of hydrogen-bond donors (Lipinski definition) is 0. The summed E-state index contributed by atoms with van der Waals surface area (Å²) in [4.78, 5) is 7.76. The molecule has 3 aromatic rings. The molecular weight excluding hydrogens is 411 g/mol. The maximum atomic E-state index is 12.8. The predicted octanol–water partition coefficient (Wildman–Crippen LogP) is 5.16. The van der Waals surface area contributed by atoms with Gasteiger partial charge in [0.25, 0.3) is 0 Å². The Bertz CT molecular complexity index is 1070. The van der Waals surface area contributed by atoms with E-state index in [1.54, 1.807) is 12.5 Å². The van der Waals surface area contributed by atoms with E-state index in [-0.39, 0.29) is 5.75 Å². The van der Waals surface area contributed by atoms with Crippen LogP contribution < -0.4 is 4.74 Å². The van der Waals surface area contributed by atoms with Crippen molar-refractivity contribution >= 4 is 26.2 Å². The second-order valence-electron chi connectivity index (χ2n) is 5.99. The van der Waals surface area contributed by atoms with Crippen molar-refractivity contribution in [2.75, 3.05) is 13.4 Å². The van der Waals surface area contributed by atoms with E-state index in [2.05, 4.69) is 14.3 Å². The van der Waals surface area contributed by atoms with Crippen LogP contribution in [-0.2, 0) is 21.7 Å². The summed E-state index contributed by atoms with van der Waals surface area (Å²) in [7, 11) is -1.15. The zero-order valence-corrected chi connectivity index (χ0v) is 16.6. The maximum Gasteiger partial charge on any atom is 0.433 e. The summed E-state index contributed by atoms with van der Waals surface area (Å²) in [6, 6.07) is 9.47. The minimum Gasteiger partial charge on any atom is -0.497 e. The van der Waals surface area contributed by atoms with E-state index < -0.39 is 21.6 Å². The van der Waals surface area contributed by atoms with Crippen molar-refractivity contribution in [2.24, 2.45) is 4.36 Å². The number of methoxy groups -OCH3 is 1. The Morgan fingerprint density at radius 3 is 2.46 bits per heavy atom. The van der Waals surface area contributed by atoms with Crippen LogP contribution in [0.1, 0.15) is 11.3 Å². The van der Waals surface area contributed by atoms with Gasteiger partial charge in [-0.05, 0) is 35.9 Å². The van der Waals surface area contributed by atoms with Gasteiger partial charge >= 0.3 is 6.18 Å². The van der Waals surface area contributed by atoms with Gasteiger partial charge in [0.2, 0.25) is 5.13 Å². The molecule has 1 atom stereocenters. The molecule has 2 aromatic heterocycles. The van der Waals surface area contributed by atoms with Gasteiger partial charge in [0.1, 0.15) is 11.4 Å². The van der Waals surface area contributed by atoms with Gasteiger partial charge < -0.3 is 4.74 Å². The highest BCUT2D eigenvalue weighted by Crippen LogP contribution is 2.30. The zero-order valence-electron chi connectivity index (χ0n) is 14.9. The van der Waals surface area contributed by atoms with E-state index >= 15 is 0 Å². The van der Waals surface area contributed by atoms with E-state index in [1.165, 1.54) is 23.7 Å². The van der Waals surface area contributed by atoms with Crippen molar-refractivity contribution in [3.63, 3.8) is 0 Å². The molecule has 3 rings (SSSR count). The lowest BCUT2D eigenvalue weighted by Gasteiger charge is -2.07. The number of aromatic nitrogens is 2. The smallest absolute Gasteiger partial charge is 0.433 e. The highest BCUT2D eigenvalue weighted by Gasteiger charge is 2.32. The molecular formula is C18H16F3N3O2S2. The molecule has 1 aromatic carbocycles. The van der Waals surface area contributed by atoms with Gasteiger partial charge in [-0.2, -0.15) is 17.5 Å². The van der Waals surface area contributed by atoms with Gasteiger partial charge in [0.15, 0.2) is 0 Å². The molecule has 0 amide bonds. The number of hydrogen-bond acceptors (Lipinski definition) is 6. The largest absolute Gasteiger partial charge is 0.497 e. The van der Waals surface area contributed by atoms with Crippen LogP contribution in [0.3, 0.4) is 0 Å². The van der Waals surface area contributed by atoms with Crippen LogP contribution in [0.4, 0.5) is 18.3 Å². The molecule has 0 radical (unpaired) electrons. The number of nitrogens with zero attached hydrogens (tertiary/aromatic N) is 3. The van der Waals surface area contributed by atoms with Crippen molar-refractivity contribution in [3.05, 3.63) is 59.2 Å². The molecule has 0 spiro atoms. The van der Waals surface area contributed by atoms with Gasteiger partial charge in [-0.3, -0.25) is 4.98 Å². The molecule has 5 nitrogen and oxygen atoms in total. The van der Waals surface area contributed by atoms with Crippen molar-refractivity contribution in [3.8, 4) is 17.0 Å². The Hall–Kier alpha value is -2.46. The first-order valence-corrected chi connectivity index (χ1v) is 11.0. The lowest BCUT2D eigenvalue weighted by molar-refractivity contribution is -0.141. The van der Waals surface area contributed by atoms with Crippen molar-refractivity contribution in [2.45, 2.75) is 11.9 Å². The summed E-state index contributed by atoms with van der Waals surface area (Å²) in [5.74, 6) is 0.709. The average molecular weight is 427 g/mol. The second kappa shape index (κ2) is 7.88. The van der Waals surface area contributed by atoms with Crippen LogP contribution in [0.25, 0.3) is 11.3 Å². The number of halogens is 3. The fraction of sp³-hybridized carbons (Fsp3) is 0.222. The van der Waals surface area contributed by atoms with Gasteiger partial charge in [-0.25, -0.2) is 9.19 Å². The molecule has 0 bridgehead atoms. The van der Waals surface area contributed by atoms with E-state index in [9.17, 15) is 17.4 Å². The van der Waals surface area contributed by atoms with Crippen LogP contribution in [0, 0.1) is 0 Å². The quantitative estimate of drug-likeness (QED) is 0.564. The minimum absolute atomic E-state index is 0.0183. The monoisotopic (exact) mass is 427 g/mol. The Kier molecular flexibility index (Phi) is 5.71. The Labute approximate surface area is 164 Å². The third kappa shape index (κ3) is 5.08. The minimum atomic E-state index is -4.50. The highest BCUT2D eigenvalue weighted by molar-refractivity contribution is 7.92. The first-order valence-electron chi connectivity index (χ1n) is 7.98. The van der Waals surface area contributed by atoms with Crippen LogP contribution in [0.2, 0.25) is 0 Å². The maximum absolute atomic E-state index is 12.8. The molecule has 148 valence electrons. The summed E-state index contributed by atoms with van der Waals surface area (Å²) in [6.45, 7) is 0. The standard InChI is InChI=1S/C18H16F3N3O2S2/c1-26-14-6-4-13(5-7-14)15-10-27-17(23-15)24-28(2,25)11-12-3-8-16(22-9-12)18(19,20)21/h3-10H,11H2,1-2H3. The molecule has 0 aliphatic carbocycles. The van der Waals surface area contributed by atoms with Gasteiger partial charge in [-0.1, -0.05) is 6.07 Å². The van der Waals surface area contributed by atoms with Crippen LogP contribution in [0.15, 0.2) is 52.3 Å². The third-order valence-corrected chi connectivity index (χ3v) is 5.98. The number of rotatable bonds is 5. The second-order valence-corrected chi connectivity index (χ2v) is 9.21. The third-order valence-electron chi connectivity index (χ3n) is 3.70. The molecule has 28 heavy (non-hydrogen) atoms. The molecule has 0 aliphatic heterocycles. The number of thiazole rings is 1. The fourth-order valence-corrected chi connectivity index (χ4v) is 4.81. The Morgan fingerprint density at radius 2 is 1.89 bits per heavy atom. The van der Waals surface area contributed by atoms with Gasteiger partial charge in [-0.15, -0.1) is 11.3 Å². The number of pyridine rings is 1. The van der Waals surface area contributed by atoms with Crippen molar-refractivity contribution in [1.82, 2.24) is 9.97 Å². The topological polar surface area (TPSA) is 64.4 Å². The van der Waals surface area contributed by atoms with E-state index in [0.717, 1.165) is 23.6 Å². The SMILES string of the molecule is COc1ccc(-c2csc(N=S(C)(=O)Cc3ccc(C(F)(F)F)nc3)n2)cc1. The van der Waals surface area contributed by atoms with Crippen molar-refractivity contribution in [1.29, 1.82) is 0 Å². The van der Waals surface area contributed by atoms with Crippen molar-refractivity contribution < 1.29 is 22.1 Å². The number of benzene rings is 1. The summed E-state index contributed by atoms with van der Waals surface area (Å²) < 4.78 is 59.8. The first kappa shape index (κ1) is 20.3. The molecule has 0 saturated heterocycles. The van der Waals surface area contributed by atoms with Crippen LogP contribution in [-0.4, -0.2) is 27.5 Å². The highest BCUT2D eigenvalue weighted by atomic mass is 32.2. The molecule has 0 fully saturated rings. The molecule has 10 heteroatoms. The normalized spacial score (nSPS) is 13.8. The lowest BCUT2D eigenvalue weighted by Crippen LogP contribution is -2.08. The lowest BCUT2D eigenvalue weighted by atomic mass is 10.2. The predicted molar refractivity (Wildman–Crippen MR) is 103 cm³/mol. The molecule has 0 N–H and O–H groups in total. The van der Waals surface area contributed by atoms with E-state index in [4.69, 9.17) is 4.74 Å². The summed E-state index contributed by atoms with van der Waals surface area (Å²) in [5.41, 5.74) is 0.988. The molecule has 2 heterocycles. The van der Waals surface area contributed by atoms with Crippen LogP contribution in [0.5, 0.6) is 5.75 Å². The molecule has 1 unspecified atom stereocenters. The first-order chi connectivity index (χ1) is 13.2. The number of alkyl halides is 3. The van der Waals surface area contributed by atoms with Gasteiger partial charge in [0, 0.05) is 23.4 Å². The summed E-state index contributed by atoms with van der Waals surface area (Å²) in [5, 5.41) is 2.15.